The molecule has 5 heteroatoms. The molecule has 0 saturated heterocycles. The van der Waals surface area contributed by atoms with Crippen molar-refractivity contribution in [1.29, 1.82) is 0 Å². The van der Waals surface area contributed by atoms with Crippen LogP contribution in [0.15, 0.2) is 60.7 Å². The van der Waals surface area contributed by atoms with E-state index in [9.17, 15) is 13.5 Å². The SMILES string of the molecule is O=S(=O)(Cc1ccccc1)C[C@H](O)COCc1ccccc1. The van der Waals surface area contributed by atoms with E-state index >= 15 is 0 Å². The van der Waals surface area contributed by atoms with Gasteiger partial charge < -0.3 is 9.84 Å². The van der Waals surface area contributed by atoms with Gasteiger partial charge in [0.25, 0.3) is 0 Å². The van der Waals surface area contributed by atoms with Crippen LogP contribution in [-0.4, -0.2) is 32.0 Å². The fourth-order valence-electron chi connectivity index (χ4n) is 2.12. The van der Waals surface area contributed by atoms with Crippen molar-refractivity contribution >= 4 is 9.84 Å². The Morgan fingerprint density at radius 1 is 0.909 bits per heavy atom. The summed E-state index contributed by atoms with van der Waals surface area (Å²) in [5.41, 5.74) is 1.71. The summed E-state index contributed by atoms with van der Waals surface area (Å²) >= 11 is 0. The van der Waals surface area contributed by atoms with Crippen LogP contribution >= 0.6 is 0 Å². The van der Waals surface area contributed by atoms with Crippen molar-refractivity contribution in [1.82, 2.24) is 0 Å². The van der Waals surface area contributed by atoms with Gasteiger partial charge in [0.2, 0.25) is 0 Å². The third kappa shape index (κ3) is 5.97. The van der Waals surface area contributed by atoms with Gasteiger partial charge in [-0.05, 0) is 11.1 Å². The van der Waals surface area contributed by atoms with E-state index in [1.165, 1.54) is 0 Å². The Balaban J connectivity index is 1.77. The van der Waals surface area contributed by atoms with Crippen LogP contribution in [-0.2, 0) is 26.9 Å². The molecule has 0 spiro atoms. The highest BCUT2D eigenvalue weighted by Gasteiger charge is 2.18. The molecule has 1 N–H and O–H groups in total. The zero-order valence-electron chi connectivity index (χ0n) is 12.3. The molecule has 2 rings (SSSR count). The van der Waals surface area contributed by atoms with E-state index in [0.29, 0.717) is 6.61 Å². The largest absolute Gasteiger partial charge is 0.390 e. The van der Waals surface area contributed by atoms with Crippen LogP contribution in [0, 0.1) is 0 Å². The van der Waals surface area contributed by atoms with E-state index in [4.69, 9.17) is 4.74 Å². The van der Waals surface area contributed by atoms with Crippen molar-refractivity contribution in [3.05, 3.63) is 71.8 Å². The molecule has 2 aromatic rings. The number of ether oxygens (including phenoxy) is 1. The first-order valence-electron chi connectivity index (χ1n) is 7.09. The summed E-state index contributed by atoms with van der Waals surface area (Å²) in [6.07, 6.45) is -1.02. The van der Waals surface area contributed by atoms with Gasteiger partial charge in [-0.3, -0.25) is 0 Å². The van der Waals surface area contributed by atoms with Crippen LogP contribution in [0.25, 0.3) is 0 Å². The second kappa shape index (κ2) is 8.08. The minimum absolute atomic E-state index is 0.00289. The number of hydrogen-bond donors (Lipinski definition) is 1. The second-order valence-corrected chi connectivity index (χ2v) is 7.30. The van der Waals surface area contributed by atoms with Crippen LogP contribution in [0.2, 0.25) is 0 Å². The molecule has 0 bridgehead atoms. The highest BCUT2D eigenvalue weighted by molar-refractivity contribution is 7.90. The molecule has 0 aliphatic heterocycles. The van der Waals surface area contributed by atoms with E-state index in [1.807, 2.05) is 36.4 Å². The first-order valence-corrected chi connectivity index (χ1v) is 8.91. The molecule has 4 nitrogen and oxygen atoms in total. The standard InChI is InChI=1S/C17H20O4S/c18-17(12-21-11-15-7-3-1-4-8-15)14-22(19,20)13-16-9-5-2-6-10-16/h1-10,17-18H,11-14H2/t17-/m1/s1. The van der Waals surface area contributed by atoms with Crippen LogP contribution in [0.1, 0.15) is 11.1 Å². The Kier molecular flexibility index (Phi) is 6.12. The van der Waals surface area contributed by atoms with E-state index in [2.05, 4.69) is 0 Å². The normalized spacial score (nSPS) is 13.0. The fourth-order valence-corrected chi connectivity index (χ4v) is 3.62. The summed E-state index contributed by atoms with van der Waals surface area (Å²) in [6.45, 7) is 0.361. The van der Waals surface area contributed by atoms with Crippen molar-refractivity contribution < 1.29 is 18.3 Å². The fraction of sp³-hybridized carbons (Fsp3) is 0.294. The maximum Gasteiger partial charge on any atom is 0.157 e. The summed E-state index contributed by atoms with van der Waals surface area (Å²) in [7, 11) is -3.36. The monoisotopic (exact) mass is 320 g/mol. The van der Waals surface area contributed by atoms with Crippen LogP contribution in [0.4, 0.5) is 0 Å². The van der Waals surface area contributed by atoms with E-state index < -0.39 is 15.9 Å². The van der Waals surface area contributed by atoms with E-state index in [-0.39, 0.29) is 18.1 Å². The van der Waals surface area contributed by atoms with Gasteiger partial charge in [0.15, 0.2) is 9.84 Å². The third-order valence-electron chi connectivity index (χ3n) is 3.10. The van der Waals surface area contributed by atoms with Crippen LogP contribution in [0.3, 0.4) is 0 Å². The zero-order chi connectivity index (χ0) is 15.8. The molecule has 0 amide bonds. The molecule has 0 fully saturated rings. The Labute approximate surface area is 131 Å². The number of hydrogen-bond acceptors (Lipinski definition) is 4. The summed E-state index contributed by atoms with van der Waals surface area (Å²) in [6, 6.07) is 18.5. The molecule has 118 valence electrons. The topological polar surface area (TPSA) is 63.6 Å². The summed E-state index contributed by atoms with van der Waals surface area (Å²) in [5, 5.41) is 9.84. The van der Waals surface area contributed by atoms with Crippen molar-refractivity contribution in [2.24, 2.45) is 0 Å². The highest BCUT2D eigenvalue weighted by Crippen LogP contribution is 2.08. The average Bonchev–Trinajstić information content (AvgIpc) is 2.48. The number of benzene rings is 2. The first-order chi connectivity index (χ1) is 10.6. The number of sulfone groups is 1. The van der Waals surface area contributed by atoms with Gasteiger partial charge >= 0.3 is 0 Å². The van der Waals surface area contributed by atoms with Crippen molar-refractivity contribution in [3.8, 4) is 0 Å². The van der Waals surface area contributed by atoms with Crippen LogP contribution in [0.5, 0.6) is 0 Å². The molecular weight excluding hydrogens is 300 g/mol. The van der Waals surface area contributed by atoms with Gasteiger partial charge in [0.1, 0.15) is 0 Å². The lowest BCUT2D eigenvalue weighted by Crippen LogP contribution is -2.26. The molecule has 0 unspecified atom stereocenters. The van der Waals surface area contributed by atoms with Gasteiger partial charge in [-0.1, -0.05) is 60.7 Å². The molecule has 0 aromatic heterocycles. The lowest BCUT2D eigenvalue weighted by molar-refractivity contribution is 0.0390. The zero-order valence-corrected chi connectivity index (χ0v) is 13.1. The molecule has 22 heavy (non-hydrogen) atoms. The van der Waals surface area contributed by atoms with Crippen LogP contribution < -0.4 is 0 Å². The van der Waals surface area contributed by atoms with E-state index in [1.54, 1.807) is 24.3 Å². The molecule has 0 aliphatic carbocycles. The Morgan fingerprint density at radius 3 is 2.05 bits per heavy atom. The highest BCUT2D eigenvalue weighted by atomic mass is 32.2. The van der Waals surface area contributed by atoms with Crippen molar-refractivity contribution in [2.45, 2.75) is 18.5 Å². The minimum atomic E-state index is -3.36. The second-order valence-electron chi connectivity index (χ2n) is 5.19. The predicted octanol–water partition coefficient (Wildman–Crippen LogP) is 2.18. The van der Waals surface area contributed by atoms with Crippen molar-refractivity contribution in [2.75, 3.05) is 12.4 Å². The lowest BCUT2D eigenvalue weighted by atomic mass is 10.2. The van der Waals surface area contributed by atoms with Gasteiger partial charge in [-0.2, -0.15) is 0 Å². The Hall–Kier alpha value is -1.69. The first kappa shape index (κ1) is 16.7. The number of aliphatic hydroxyl groups is 1. The van der Waals surface area contributed by atoms with Gasteiger partial charge in [-0.15, -0.1) is 0 Å². The third-order valence-corrected chi connectivity index (χ3v) is 4.76. The molecule has 0 radical (unpaired) electrons. The average molecular weight is 320 g/mol. The summed E-state index contributed by atoms with van der Waals surface area (Å²) in [5.74, 6) is -0.361. The number of rotatable bonds is 8. The maximum absolute atomic E-state index is 12.0. The molecule has 0 heterocycles. The molecule has 2 aromatic carbocycles. The molecule has 0 aliphatic rings. The van der Waals surface area contributed by atoms with Gasteiger partial charge in [0, 0.05) is 0 Å². The predicted molar refractivity (Wildman–Crippen MR) is 86.0 cm³/mol. The molecule has 1 atom stereocenters. The number of aliphatic hydroxyl groups excluding tert-OH is 1. The summed E-state index contributed by atoms with van der Waals surface area (Å²) < 4.78 is 29.4. The maximum atomic E-state index is 12.0. The Morgan fingerprint density at radius 2 is 1.45 bits per heavy atom. The van der Waals surface area contributed by atoms with Gasteiger partial charge in [0.05, 0.1) is 30.8 Å². The minimum Gasteiger partial charge on any atom is -0.390 e. The Bertz CT molecular complexity index is 654. The van der Waals surface area contributed by atoms with Gasteiger partial charge in [-0.25, -0.2) is 8.42 Å². The molecule has 0 saturated carbocycles. The van der Waals surface area contributed by atoms with E-state index in [0.717, 1.165) is 11.1 Å². The van der Waals surface area contributed by atoms with Crippen molar-refractivity contribution in [3.63, 3.8) is 0 Å². The quantitative estimate of drug-likeness (QED) is 0.810. The molecular formula is C17H20O4S. The lowest BCUT2D eigenvalue weighted by Gasteiger charge is -2.12. The summed E-state index contributed by atoms with van der Waals surface area (Å²) in [4.78, 5) is 0. The smallest absolute Gasteiger partial charge is 0.157 e.